The maximum atomic E-state index is 13.3. The number of hydrogen-bond donors (Lipinski definition) is 2. The van der Waals surface area contributed by atoms with Crippen LogP contribution in [0.15, 0.2) is 67.0 Å². The second-order valence-corrected chi connectivity index (χ2v) is 10.7. The van der Waals surface area contributed by atoms with Crippen molar-refractivity contribution in [1.29, 1.82) is 0 Å². The topological polar surface area (TPSA) is 99.6 Å². The van der Waals surface area contributed by atoms with Crippen molar-refractivity contribution in [3.8, 4) is 11.1 Å². The van der Waals surface area contributed by atoms with Crippen molar-refractivity contribution in [3.63, 3.8) is 0 Å². The van der Waals surface area contributed by atoms with E-state index >= 15 is 0 Å². The Hall–Kier alpha value is -4.00. The maximum absolute atomic E-state index is 13.3. The number of nitrogens with zero attached hydrogens (tertiary/aromatic N) is 2. The first-order valence-electron chi connectivity index (χ1n) is 12.5. The van der Waals surface area contributed by atoms with E-state index in [0.29, 0.717) is 24.2 Å². The molecule has 7 heteroatoms. The van der Waals surface area contributed by atoms with Gasteiger partial charge in [-0.3, -0.25) is 19.4 Å². The molecular weight excluding hydrogens is 466 g/mol. The fraction of sp³-hybridized carbons (Fsp3) is 0.333. The normalized spacial score (nSPS) is 13.2. The fourth-order valence-corrected chi connectivity index (χ4v) is 4.28. The van der Waals surface area contributed by atoms with Crippen molar-refractivity contribution in [1.82, 2.24) is 15.2 Å². The SMILES string of the molecule is CC(C)(C)NC(=O)c1ccc(-c2cncc(CC(=O)O)c2)c(CN(Cc2ccccc2)C(=O)C2CC2)c1. The average Bonchev–Trinajstić information content (AvgIpc) is 3.68. The third kappa shape index (κ3) is 7.26. The number of carboxylic acids is 1. The lowest BCUT2D eigenvalue weighted by molar-refractivity contribution is -0.136. The molecule has 0 saturated heterocycles. The third-order valence-corrected chi connectivity index (χ3v) is 6.13. The molecule has 1 heterocycles. The highest BCUT2D eigenvalue weighted by Gasteiger charge is 2.34. The summed E-state index contributed by atoms with van der Waals surface area (Å²) in [6.45, 7) is 6.56. The number of nitrogens with one attached hydrogen (secondary N) is 1. The number of hydrogen-bond acceptors (Lipinski definition) is 4. The molecule has 1 fully saturated rings. The van der Waals surface area contributed by atoms with Gasteiger partial charge in [-0.15, -0.1) is 0 Å². The van der Waals surface area contributed by atoms with Gasteiger partial charge in [0, 0.05) is 48.1 Å². The molecule has 1 aliphatic carbocycles. The second kappa shape index (κ2) is 10.9. The predicted octanol–water partition coefficient (Wildman–Crippen LogP) is 4.84. The molecule has 1 aromatic heterocycles. The van der Waals surface area contributed by atoms with Gasteiger partial charge in [-0.05, 0) is 74.1 Å². The number of carbonyl (C=O) groups excluding carboxylic acids is 2. The van der Waals surface area contributed by atoms with Crippen LogP contribution >= 0.6 is 0 Å². The Labute approximate surface area is 217 Å². The molecule has 4 rings (SSSR count). The Balaban J connectivity index is 1.74. The van der Waals surface area contributed by atoms with E-state index < -0.39 is 11.5 Å². The molecule has 2 aromatic carbocycles. The van der Waals surface area contributed by atoms with Gasteiger partial charge in [0.15, 0.2) is 0 Å². The molecule has 2 N–H and O–H groups in total. The van der Waals surface area contributed by atoms with E-state index in [1.807, 2.05) is 68.1 Å². The van der Waals surface area contributed by atoms with Gasteiger partial charge in [-0.1, -0.05) is 36.4 Å². The summed E-state index contributed by atoms with van der Waals surface area (Å²) in [4.78, 5) is 43.7. The molecule has 0 atom stereocenters. The lowest BCUT2D eigenvalue weighted by Gasteiger charge is -2.25. The highest BCUT2D eigenvalue weighted by Crippen LogP contribution is 2.33. The quantitative estimate of drug-likeness (QED) is 0.439. The number of aliphatic carboxylic acids is 1. The zero-order chi connectivity index (χ0) is 26.6. The lowest BCUT2D eigenvalue weighted by Crippen LogP contribution is -2.40. The highest BCUT2D eigenvalue weighted by atomic mass is 16.4. The van der Waals surface area contributed by atoms with E-state index in [0.717, 1.165) is 35.1 Å². The minimum atomic E-state index is -0.933. The third-order valence-electron chi connectivity index (χ3n) is 6.13. The van der Waals surface area contributed by atoms with Crippen molar-refractivity contribution >= 4 is 17.8 Å². The Morgan fingerprint density at radius 2 is 1.70 bits per heavy atom. The molecule has 0 bridgehead atoms. The molecule has 1 saturated carbocycles. The lowest BCUT2D eigenvalue weighted by atomic mass is 9.96. The number of carbonyl (C=O) groups is 3. The summed E-state index contributed by atoms with van der Waals surface area (Å²) in [6, 6.07) is 17.1. The first-order chi connectivity index (χ1) is 17.6. The van der Waals surface area contributed by atoms with Gasteiger partial charge in [0.2, 0.25) is 5.91 Å². The van der Waals surface area contributed by atoms with Crippen molar-refractivity contribution < 1.29 is 19.5 Å². The van der Waals surface area contributed by atoms with Gasteiger partial charge in [-0.2, -0.15) is 0 Å². The molecule has 2 amide bonds. The maximum Gasteiger partial charge on any atom is 0.307 e. The van der Waals surface area contributed by atoms with Crippen LogP contribution in [0, 0.1) is 5.92 Å². The van der Waals surface area contributed by atoms with Crippen LogP contribution < -0.4 is 5.32 Å². The van der Waals surface area contributed by atoms with Gasteiger partial charge >= 0.3 is 5.97 Å². The van der Waals surface area contributed by atoms with Gasteiger partial charge < -0.3 is 15.3 Å². The average molecular weight is 500 g/mol. The number of benzene rings is 2. The van der Waals surface area contributed by atoms with Crippen LogP contribution in [0.1, 0.15) is 60.7 Å². The summed E-state index contributed by atoms with van der Waals surface area (Å²) in [6.07, 6.45) is 4.88. The van der Waals surface area contributed by atoms with E-state index in [1.54, 1.807) is 24.5 Å². The van der Waals surface area contributed by atoms with Crippen LogP contribution in [-0.4, -0.2) is 38.3 Å². The van der Waals surface area contributed by atoms with Crippen LogP contribution in [0.4, 0.5) is 0 Å². The highest BCUT2D eigenvalue weighted by molar-refractivity contribution is 5.95. The smallest absolute Gasteiger partial charge is 0.307 e. The molecular formula is C30H33N3O4. The molecule has 0 radical (unpaired) electrons. The van der Waals surface area contributed by atoms with Crippen molar-refractivity contribution in [2.45, 2.75) is 58.7 Å². The number of rotatable bonds is 9. The molecule has 37 heavy (non-hydrogen) atoms. The minimum absolute atomic E-state index is 0.0418. The zero-order valence-electron chi connectivity index (χ0n) is 21.5. The van der Waals surface area contributed by atoms with Crippen molar-refractivity contribution in [2.24, 2.45) is 5.92 Å². The molecule has 0 spiro atoms. The van der Waals surface area contributed by atoms with Crippen LogP contribution in [0.25, 0.3) is 11.1 Å². The van der Waals surface area contributed by atoms with Crippen LogP contribution in [0.3, 0.4) is 0 Å². The summed E-state index contributed by atoms with van der Waals surface area (Å²) < 4.78 is 0. The van der Waals surface area contributed by atoms with Gasteiger partial charge in [-0.25, -0.2) is 0 Å². The molecule has 3 aromatic rings. The number of carboxylic acid groups (broad SMARTS) is 1. The Morgan fingerprint density at radius 3 is 2.35 bits per heavy atom. The first kappa shape index (κ1) is 26.1. The molecule has 0 unspecified atom stereocenters. The van der Waals surface area contributed by atoms with E-state index in [9.17, 15) is 19.5 Å². The Bertz CT molecular complexity index is 1290. The van der Waals surface area contributed by atoms with E-state index in [1.165, 1.54) is 0 Å². The van der Waals surface area contributed by atoms with Crippen LogP contribution in [-0.2, 0) is 29.1 Å². The number of aromatic nitrogens is 1. The predicted molar refractivity (Wildman–Crippen MR) is 142 cm³/mol. The van der Waals surface area contributed by atoms with E-state index in [-0.39, 0.29) is 24.2 Å². The largest absolute Gasteiger partial charge is 0.481 e. The summed E-state index contributed by atoms with van der Waals surface area (Å²) in [5.74, 6) is -0.976. The van der Waals surface area contributed by atoms with Gasteiger partial charge in [0.1, 0.15) is 0 Å². The summed E-state index contributed by atoms with van der Waals surface area (Å²) in [7, 11) is 0. The number of amides is 2. The molecule has 0 aliphatic heterocycles. The van der Waals surface area contributed by atoms with Crippen molar-refractivity contribution in [3.05, 3.63) is 89.2 Å². The van der Waals surface area contributed by atoms with E-state index in [2.05, 4.69) is 10.3 Å². The summed E-state index contributed by atoms with van der Waals surface area (Å²) in [5, 5.41) is 12.2. The fourth-order valence-electron chi connectivity index (χ4n) is 4.28. The minimum Gasteiger partial charge on any atom is -0.481 e. The van der Waals surface area contributed by atoms with Crippen molar-refractivity contribution in [2.75, 3.05) is 0 Å². The molecule has 192 valence electrons. The summed E-state index contributed by atoms with van der Waals surface area (Å²) >= 11 is 0. The number of pyridine rings is 1. The van der Waals surface area contributed by atoms with Crippen LogP contribution in [0.2, 0.25) is 0 Å². The van der Waals surface area contributed by atoms with Gasteiger partial charge in [0.25, 0.3) is 5.91 Å². The standard InChI is InChI=1S/C30H33N3O4/c1-30(2,3)32-28(36)23-11-12-26(24-13-21(14-27(34)35)16-31-17-24)25(15-23)19-33(29(37)22-9-10-22)18-20-7-5-4-6-8-20/h4-8,11-13,15-17,22H,9-10,14,18-19H2,1-3H3,(H,32,36)(H,34,35). The first-order valence-corrected chi connectivity index (χ1v) is 12.5. The second-order valence-electron chi connectivity index (χ2n) is 10.7. The Morgan fingerprint density at radius 1 is 0.973 bits per heavy atom. The Kier molecular flexibility index (Phi) is 7.71. The van der Waals surface area contributed by atoms with Crippen LogP contribution in [0.5, 0.6) is 0 Å². The molecule has 7 nitrogen and oxygen atoms in total. The molecule has 1 aliphatic rings. The van der Waals surface area contributed by atoms with E-state index in [4.69, 9.17) is 0 Å². The monoisotopic (exact) mass is 499 g/mol. The summed E-state index contributed by atoms with van der Waals surface area (Å²) in [5.41, 5.74) is 4.09. The zero-order valence-corrected chi connectivity index (χ0v) is 21.5. The van der Waals surface area contributed by atoms with Gasteiger partial charge in [0.05, 0.1) is 6.42 Å².